The van der Waals surface area contributed by atoms with E-state index < -0.39 is 0 Å². The zero-order valence-electron chi connectivity index (χ0n) is 15.2. The molecule has 26 heavy (non-hydrogen) atoms. The molecule has 0 amide bonds. The number of fused-ring (bicyclic) bond motifs is 2. The minimum absolute atomic E-state index is 0.479. The highest BCUT2D eigenvalue weighted by Crippen LogP contribution is 2.31. The summed E-state index contributed by atoms with van der Waals surface area (Å²) < 4.78 is 0. The molecule has 2 aliphatic rings. The lowest BCUT2D eigenvalue weighted by Gasteiger charge is -2.10. The highest BCUT2D eigenvalue weighted by atomic mass is 14.9. The van der Waals surface area contributed by atoms with Crippen molar-refractivity contribution in [2.24, 2.45) is 0 Å². The summed E-state index contributed by atoms with van der Waals surface area (Å²) in [7, 11) is 0. The summed E-state index contributed by atoms with van der Waals surface area (Å²) >= 11 is 0. The number of benzene rings is 2. The molecule has 0 aromatic heterocycles. The second kappa shape index (κ2) is 9.25. The highest BCUT2D eigenvalue weighted by Gasteiger charge is 2.21. The van der Waals surface area contributed by atoms with Gasteiger partial charge in [0, 0.05) is 12.1 Å². The maximum atomic E-state index is 5.21. The Morgan fingerprint density at radius 2 is 1.15 bits per heavy atom. The Kier molecular flexibility index (Phi) is 6.50. The van der Waals surface area contributed by atoms with Crippen LogP contribution in [0.2, 0.25) is 0 Å². The van der Waals surface area contributed by atoms with Crippen LogP contribution in [-0.2, 0) is 12.8 Å². The topological polar surface area (TPSA) is 24.1 Å². The molecule has 2 atom stereocenters. The summed E-state index contributed by atoms with van der Waals surface area (Å²) in [5.41, 5.74) is 5.80. The summed E-state index contributed by atoms with van der Waals surface area (Å²) in [4.78, 5) is 0. The van der Waals surface area contributed by atoms with Crippen molar-refractivity contribution in [2.75, 3.05) is 13.1 Å². The molecule has 2 heteroatoms. The van der Waals surface area contributed by atoms with E-state index in [0.717, 1.165) is 0 Å². The zero-order chi connectivity index (χ0) is 18.2. The smallest absolute Gasteiger partial charge is 0.0578 e. The molecule has 2 aliphatic carbocycles. The van der Waals surface area contributed by atoms with Crippen molar-refractivity contribution in [1.29, 1.82) is 0 Å². The molecule has 2 N–H and O–H groups in total. The fourth-order valence-corrected chi connectivity index (χ4v) is 3.90. The van der Waals surface area contributed by atoms with Gasteiger partial charge in [0.1, 0.15) is 0 Å². The van der Waals surface area contributed by atoms with Crippen LogP contribution >= 0.6 is 0 Å². The molecular formula is C24H26N2. The van der Waals surface area contributed by atoms with E-state index in [1.165, 1.54) is 47.9 Å². The van der Waals surface area contributed by atoms with Crippen molar-refractivity contribution in [3.8, 4) is 24.7 Å². The number of hydrogen-bond donors (Lipinski definition) is 2. The van der Waals surface area contributed by atoms with Gasteiger partial charge in [-0.05, 0) is 47.9 Å². The maximum absolute atomic E-state index is 5.21. The van der Waals surface area contributed by atoms with Crippen LogP contribution in [0.15, 0.2) is 48.5 Å². The fourth-order valence-electron chi connectivity index (χ4n) is 3.90. The first kappa shape index (κ1) is 18.3. The van der Waals surface area contributed by atoms with Crippen LogP contribution in [0.3, 0.4) is 0 Å². The molecular weight excluding hydrogens is 316 g/mol. The van der Waals surface area contributed by atoms with Crippen molar-refractivity contribution in [3.05, 3.63) is 70.8 Å². The normalized spacial score (nSPS) is 19.5. The molecule has 4 rings (SSSR count). The summed E-state index contributed by atoms with van der Waals surface area (Å²) in [6, 6.07) is 18.1. The van der Waals surface area contributed by atoms with E-state index in [1.807, 2.05) is 0 Å². The average molecular weight is 342 g/mol. The second-order valence-electron chi connectivity index (χ2n) is 6.75. The van der Waals surface area contributed by atoms with E-state index >= 15 is 0 Å². The molecule has 0 spiro atoms. The van der Waals surface area contributed by atoms with Crippen molar-refractivity contribution < 1.29 is 0 Å². The van der Waals surface area contributed by atoms with E-state index in [-0.39, 0.29) is 0 Å². The molecule has 0 heterocycles. The SMILES string of the molecule is C#CCN[C@@H]1CCc2ccccc21.C#CCN[C@@H]1CCc2ccccc21. The maximum Gasteiger partial charge on any atom is 0.0578 e. The molecule has 0 saturated carbocycles. The van der Waals surface area contributed by atoms with E-state index in [9.17, 15) is 0 Å². The molecule has 2 aromatic carbocycles. The van der Waals surface area contributed by atoms with Crippen molar-refractivity contribution in [1.82, 2.24) is 10.6 Å². The van der Waals surface area contributed by atoms with Gasteiger partial charge in [0.15, 0.2) is 0 Å². The number of nitrogens with one attached hydrogen (secondary N) is 2. The molecule has 0 fully saturated rings. The Bertz CT molecular complexity index is 740. The average Bonchev–Trinajstić information content (AvgIpc) is 3.29. The highest BCUT2D eigenvalue weighted by molar-refractivity contribution is 5.35. The van der Waals surface area contributed by atoms with Gasteiger partial charge < -0.3 is 0 Å². The van der Waals surface area contributed by atoms with Crippen LogP contribution in [-0.4, -0.2) is 13.1 Å². The summed E-state index contributed by atoms with van der Waals surface area (Å²) in [5.74, 6) is 5.23. The third-order valence-corrected chi connectivity index (χ3v) is 5.17. The second-order valence-corrected chi connectivity index (χ2v) is 6.75. The molecule has 0 radical (unpaired) electrons. The first-order valence-electron chi connectivity index (χ1n) is 9.32. The first-order valence-corrected chi connectivity index (χ1v) is 9.32. The van der Waals surface area contributed by atoms with E-state index in [4.69, 9.17) is 12.8 Å². The van der Waals surface area contributed by atoms with Crippen LogP contribution in [0.25, 0.3) is 0 Å². The van der Waals surface area contributed by atoms with Gasteiger partial charge in [0.05, 0.1) is 13.1 Å². The largest absolute Gasteiger partial charge is 0.299 e. The summed E-state index contributed by atoms with van der Waals surface area (Å²) in [6.45, 7) is 1.33. The summed E-state index contributed by atoms with van der Waals surface area (Å²) in [6.07, 6.45) is 15.1. The molecule has 0 unspecified atom stereocenters. The molecule has 0 saturated heterocycles. The van der Waals surface area contributed by atoms with Crippen LogP contribution in [0, 0.1) is 24.7 Å². The van der Waals surface area contributed by atoms with Crippen LogP contribution in [0.5, 0.6) is 0 Å². The fraction of sp³-hybridized carbons (Fsp3) is 0.333. The van der Waals surface area contributed by atoms with Gasteiger partial charge in [-0.2, -0.15) is 0 Å². The summed E-state index contributed by atoms with van der Waals surface area (Å²) in [5, 5.41) is 6.70. The van der Waals surface area contributed by atoms with Gasteiger partial charge in [-0.3, -0.25) is 10.6 Å². The van der Waals surface area contributed by atoms with Gasteiger partial charge >= 0.3 is 0 Å². The van der Waals surface area contributed by atoms with E-state index in [0.29, 0.717) is 25.2 Å². The van der Waals surface area contributed by atoms with Crippen LogP contribution in [0.4, 0.5) is 0 Å². The Morgan fingerprint density at radius 1 is 0.731 bits per heavy atom. The lowest BCUT2D eigenvalue weighted by Crippen LogP contribution is -2.19. The standard InChI is InChI=1S/2C12H13N/c2*1-2-9-13-12-8-7-10-5-3-4-6-11(10)12/h2*1,3-6,12-13H,7-9H2/t2*12-/m11/s1. The Balaban J connectivity index is 0.000000151. The third kappa shape index (κ3) is 4.36. The number of terminal acetylenes is 2. The Labute approximate surface area is 157 Å². The Hall–Kier alpha value is -2.52. The van der Waals surface area contributed by atoms with Crippen molar-refractivity contribution >= 4 is 0 Å². The van der Waals surface area contributed by atoms with Crippen LogP contribution in [0.1, 0.15) is 47.2 Å². The van der Waals surface area contributed by atoms with Crippen LogP contribution < -0.4 is 10.6 Å². The monoisotopic (exact) mass is 342 g/mol. The van der Waals surface area contributed by atoms with Gasteiger partial charge in [-0.1, -0.05) is 60.4 Å². The minimum atomic E-state index is 0.479. The van der Waals surface area contributed by atoms with E-state index in [2.05, 4.69) is 71.0 Å². The van der Waals surface area contributed by atoms with E-state index in [1.54, 1.807) is 0 Å². The lowest BCUT2D eigenvalue weighted by molar-refractivity contribution is 0.568. The van der Waals surface area contributed by atoms with Gasteiger partial charge in [0.25, 0.3) is 0 Å². The van der Waals surface area contributed by atoms with Gasteiger partial charge in [-0.15, -0.1) is 12.8 Å². The predicted octanol–water partition coefficient (Wildman–Crippen LogP) is 3.79. The zero-order valence-corrected chi connectivity index (χ0v) is 15.2. The molecule has 2 nitrogen and oxygen atoms in total. The van der Waals surface area contributed by atoms with Crippen molar-refractivity contribution in [3.63, 3.8) is 0 Å². The lowest BCUT2D eigenvalue weighted by atomic mass is 10.1. The predicted molar refractivity (Wildman–Crippen MR) is 109 cm³/mol. The number of hydrogen-bond acceptors (Lipinski definition) is 2. The van der Waals surface area contributed by atoms with Crippen molar-refractivity contribution in [2.45, 2.75) is 37.8 Å². The minimum Gasteiger partial charge on any atom is -0.299 e. The quantitative estimate of drug-likeness (QED) is 0.826. The first-order chi connectivity index (χ1) is 12.8. The Morgan fingerprint density at radius 3 is 1.58 bits per heavy atom. The number of aryl methyl sites for hydroxylation is 2. The molecule has 0 bridgehead atoms. The van der Waals surface area contributed by atoms with Gasteiger partial charge in [-0.25, -0.2) is 0 Å². The molecule has 2 aromatic rings. The molecule has 132 valence electrons. The number of rotatable bonds is 4. The van der Waals surface area contributed by atoms with Gasteiger partial charge in [0.2, 0.25) is 0 Å². The molecule has 0 aliphatic heterocycles. The third-order valence-electron chi connectivity index (χ3n) is 5.17.